The van der Waals surface area contributed by atoms with E-state index in [1.165, 1.54) is 11.1 Å². The van der Waals surface area contributed by atoms with E-state index in [0.717, 1.165) is 33.6 Å². The monoisotopic (exact) mass is 788 g/mol. The highest BCUT2D eigenvalue weighted by molar-refractivity contribution is 7.38. The van der Waals surface area contributed by atoms with Gasteiger partial charge in [-0.3, -0.25) is 0 Å². The van der Waals surface area contributed by atoms with Crippen molar-refractivity contribution in [2.24, 2.45) is 5.41 Å². The van der Waals surface area contributed by atoms with Crippen molar-refractivity contribution in [3.63, 3.8) is 0 Å². The molecular weight excluding hydrogens is 714 g/mol. The van der Waals surface area contributed by atoms with Gasteiger partial charge in [-0.15, -0.1) is 0 Å². The predicted molar refractivity (Wildman–Crippen MR) is 219 cm³/mol. The molecule has 0 aliphatic heterocycles. The second-order valence-corrected chi connectivity index (χ2v) is 21.3. The highest BCUT2D eigenvalue weighted by Gasteiger charge is 2.46. The Morgan fingerprint density at radius 3 is 0.849 bits per heavy atom. The van der Waals surface area contributed by atoms with Crippen LogP contribution in [0.2, 0.25) is 0 Å². The van der Waals surface area contributed by atoms with Gasteiger partial charge in [-0.25, -0.2) is 0 Å². The van der Waals surface area contributed by atoms with Gasteiger partial charge >= 0.3 is 17.2 Å². The normalized spacial score (nSPS) is 14.1. The van der Waals surface area contributed by atoms with E-state index in [4.69, 9.17) is 34.1 Å². The van der Waals surface area contributed by atoms with Gasteiger partial charge in [0.05, 0.1) is 25.2 Å². The Morgan fingerprint density at radius 2 is 0.660 bits per heavy atom. The maximum absolute atomic E-state index is 11.1. The Balaban J connectivity index is 0.00000305. The van der Waals surface area contributed by atoms with Gasteiger partial charge in [0.2, 0.25) is 0 Å². The Hall–Kier alpha value is -1.26. The molecule has 10 nitrogen and oxygen atoms in total. The van der Waals surface area contributed by atoms with Crippen molar-refractivity contribution in [2.45, 2.75) is 163 Å². The second kappa shape index (κ2) is 18.8. The third kappa shape index (κ3) is 15.0. The highest BCUT2D eigenvalue weighted by Crippen LogP contribution is 2.51. The maximum atomic E-state index is 11.1. The van der Waals surface area contributed by atoms with Gasteiger partial charge in [0, 0.05) is 16.7 Å². The van der Waals surface area contributed by atoms with E-state index in [1.807, 2.05) is 0 Å². The lowest BCUT2D eigenvalue weighted by Crippen LogP contribution is -2.45. The molecule has 9 N–H and O–H groups in total. The number of benzene rings is 2. The Labute approximate surface area is 323 Å². The minimum Gasteiger partial charge on any atom is -0.484 e. The van der Waals surface area contributed by atoms with Gasteiger partial charge in [0.1, 0.15) is 11.9 Å². The van der Waals surface area contributed by atoms with Crippen LogP contribution in [0.3, 0.4) is 0 Å². The van der Waals surface area contributed by atoms with E-state index in [9.17, 15) is 15.3 Å². The fourth-order valence-electron chi connectivity index (χ4n) is 5.92. The van der Waals surface area contributed by atoms with Crippen molar-refractivity contribution < 1.29 is 49.4 Å². The minimum absolute atomic E-state index is 0.0788. The van der Waals surface area contributed by atoms with Crippen LogP contribution in [-0.4, -0.2) is 64.5 Å². The molecule has 2 aromatic carbocycles. The van der Waals surface area contributed by atoms with Crippen molar-refractivity contribution in [3.8, 4) is 5.75 Å². The van der Waals surface area contributed by atoms with Crippen molar-refractivity contribution in [1.29, 1.82) is 0 Å². The topological polar surface area (TPSA) is 191 Å². The van der Waals surface area contributed by atoms with E-state index < -0.39 is 48.5 Å². The Kier molecular flexibility index (Phi) is 18.3. The summed E-state index contributed by atoms with van der Waals surface area (Å²) in [6.07, 6.45) is -0.836. The van der Waals surface area contributed by atoms with Crippen LogP contribution >= 0.6 is 17.2 Å². The van der Waals surface area contributed by atoms with Gasteiger partial charge in [0.25, 0.3) is 0 Å². The van der Waals surface area contributed by atoms with Gasteiger partial charge < -0.3 is 49.4 Å². The summed E-state index contributed by atoms with van der Waals surface area (Å²) in [6, 6.07) is 9.13. The molecule has 0 amide bonds. The molecule has 0 bridgehead atoms. The van der Waals surface area contributed by atoms with Crippen LogP contribution in [0, 0.1) is 5.41 Å². The lowest BCUT2D eigenvalue weighted by molar-refractivity contribution is -0.0761. The lowest BCUT2D eigenvalue weighted by Gasteiger charge is -2.44. The van der Waals surface area contributed by atoms with Crippen LogP contribution in [0.4, 0.5) is 0 Å². The summed E-state index contributed by atoms with van der Waals surface area (Å²) in [6.45, 7) is 38.6. The summed E-state index contributed by atoms with van der Waals surface area (Å²) in [4.78, 5) is 43.4. The van der Waals surface area contributed by atoms with Crippen LogP contribution in [0.5, 0.6) is 5.75 Å². The standard InChI is InChI=1S/C41H68O4.2H3O3P/c1-35(2,3)26-19-28(37(7,8)9)32(29(20-26)38(10,11)12)34(41(23-42,24-43)25-44)45-33-30(39(13,14)15)21-27(36(4,5)6)22-31(33)40(16,17)18;2*1-4(2)3/h19-22,34,42-44H,23-25H2,1-18H3;2*1-3H. The highest BCUT2D eigenvalue weighted by atomic mass is 31.2. The molecule has 53 heavy (non-hydrogen) atoms. The zero-order valence-electron chi connectivity index (χ0n) is 35.8. The van der Waals surface area contributed by atoms with Gasteiger partial charge in [0.15, 0.2) is 0 Å². The second-order valence-electron chi connectivity index (χ2n) is 20.3. The van der Waals surface area contributed by atoms with Crippen LogP contribution in [-0.2, 0) is 32.5 Å². The largest absolute Gasteiger partial charge is 0.484 e. The summed E-state index contributed by atoms with van der Waals surface area (Å²) in [7, 11) is -5.24. The van der Waals surface area contributed by atoms with Gasteiger partial charge in [-0.2, -0.15) is 0 Å². The maximum Gasteiger partial charge on any atom is 0.324 e. The number of aliphatic hydroxyl groups is 3. The summed E-state index contributed by atoms with van der Waals surface area (Å²) in [5.41, 5.74) is 5.12. The average Bonchev–Trinajstić information content (AvgIpc) is 2.93. The molecule has 0 aliphatic rings. The fourth-order valence-corrected chi connectivity index (χ4v) is 5.92. The summed E-state index contributed by atoms with van der Waals surface area (Å²) < 4.78 is 7.44. The number of rotatable bonds is 7. The number of hydrogen-bond acceptors (Lipinski definition) is 10. The van der Waals surface area contributed by atoms with Crippen molar-refractivity contribution in [2.75, 3.05) is 19.8 Å². The first-order valence-electron chi connectivity index (χ1n) is 18.0. The molecule has 0 radical (unpaired) electrons. The first kappa shape index (κ1) is 51.7. The molecule has 12 heteroatoms. The minimum atomic E-state index is -2.62. The molecule has 2 aromatic rings. The van der Waals surface area contributed by atoms with Crippen molar-refractivity contribution >= 4 is 17.2 Å². The molecule has 0 heterocycles. The number of ether oxygens (including phenoxy) is 1. The van der Waals surface area contributed by atoms with Gasteiger partial charge in [-0.05, 0) is 54.7 Å². The molecule has 0 aliphatic carbocycles. The zero-order valence-corrected chi connectivity index (χ0v) is 37.6. The fraction of sp³-hybridized carbons (Fsp3) is 0.707. The molecule has 0 saturated heterocycles. The average molecular weight is 789 g/mol. The van der Waals surface area contributed by atoms with Crippen molar-refractivity contribution in [3.05, 3.63) is 63.2 Å². The van der Waals surface area contributed by atoms with Crippen LogP contribution in [0.1, 0.15) is 170 Å². The molecule has 308 valence electrons. The lowest BCUT2D eigenvalue weighted by atomic mass is 9.67. The Bertz CT molecular complexity index is 1350. The first-order chi connectivity index (χ1) is 23.4. The molecular formula is C41H74O10P2. The molecule has 2 rings (SSSR count). The van der Waals surface area contributed by atoms with Crippen LogP contribution < -0.4 is 4.74 Å². The molecule has 1 atom stereocenters. The summed E-state index contributed by atoms with van der Waals surface area (Å²) in [5, 5.41) is 33.2. The van der Waals surface area contributed by atoms with E-state index in [0.29, 0.717) is 0 Å². The quantitative estimate of drug-likeness (QED) is 0.125. The van der Waals surface area contributed by atoms with Crippen LogP contribution in [0.25, 0.3) is 0 Å². The number of aliphatic hydroxyl groups excluding tert-OH is 3. The van der Waals surface area contributed by atoms with E-state index >= 15 is 0 Å². The van der Waals surface area contributed by atoms with E-state index in [-0.39, 0.29) is 32.5 Å². The molecule has 0 saturated carbocycles. The predicted octanol–water partition coefficient (Wildman–Crippen LogP) is 7.94. The first-order valence-corrected chi connectivity index (χ1v) is 20.4. The van der Waals surface area contributed by atoms with Crippen molar-refractivity contribution in [1.82, 2.24) is 0 Å². The molecule has 0 fully saturated rings. The van der Waals surface area contributed by atoms with Crippen LogP contribution in [0.15, 0.2) is 24.3 Å². The molecule has 0 spiro atoms. The summed E-state index contributed by atoms with van der Waals surface area (Å²) in [5.74, 6) is 0.771. The summed E-state index contributed by atoms with van der Waals surface area (Å²) >= 11 is 0. The van der Waals surface area contributed by atoms with Gasteiger partial charge in [-0.1, -0.05) is 149 Å². The third-order valence-corrected chi connectivity index (χ3v) is 9.23. The number of hydrogen-bond donors (Lipinski definition) is 9. The Morgan fingerprint density at radius 1 is 0.434 bits per heavy atom. The molecule has 1 unspecified atom stereocenters. The molecule has 0 aromatic heterocycles. The zero-order chi connectivity index (χ0) is 42.5. The third-order valence-electron chi connectivity index (χ3n) is 9.23. The van der Waals surface area contributed by atoms with E-state index in [2.05, 4.69) is 149 Å². The SMILES string of the molecule is CC(C)(C)c1cc(C(C)(C)C)c(OC(c2c(C(C)(C)C)cc(C(C)(C)C)cc2C(C)(C)C)C(CO)(CO)CO)c(C(C)(C)C)c1.OP(O)O.OP(O)O. The smallest absolute Gasteiger partial charge is 0.324 e. The van der Waals surface area contributed by atoms with E-state index in [1.54, 1.807) is 0 Å².